The molecule has 1 N–H and O–H groups in total. The Labute approximate surface area is 103 Å². The van der Waals surface area contributed by atoms with Gasteiger partial charge in [0.15, 0.2) is 0 Å². The first kappa shape index (κ1) is 14.8. The maximum absolute atomic E-state index is 13.6. The Hall–Kier alpha value is -1.30. The summed E-state index contributed by atoms with van der Waals surface area (Å²) in [6.07, 6.45) is -6.07. The van der Waals surface area contributed by atoms with Gasteiger partial charge >= 0.3 is 6.18 Å². The van der Waals surface area contributed by atoms with Crippen LogP contribution in [0.15, 0.2) is 18.2 Å². The molecule has 0 aliphatic rings. The lowest BCUT2D eigenvalue weighted by Crippen LogP contribution is -2.24. The molecule has 1 unspecified atom stereocenters. The van der Waals surface area contributed by atoms with E-state index in [-0.39, 0.29) is 12.2 Å². The average Bonchev–Trinajstić information content (AvgIpc) is 2.24. The average molecular weight is 265 g/mol. The minimum absolute atomic E-state index is 0.0867. The van der Waals surface area contributed by atoms with Crippen molar-refractivity contribution < 1.29 is 22.7 Å². The number of alkyl halides is 3. The fourth-order valence-electron chi connectivity index (χ4n) is 1.51. The molecule has 0 fully saturated rings. The Morgan fingerprint density at radius 2 is 1.94 bits per heavy atom. The maximum atomic E-state index is 13.6. The molecular formula is C12H15F4NO. The van der Waals surface area contributed by atoms with E-state index in [1.54, 1.807) is 0 Å². The summed E-state index contributed by atoms with van der Waals surface area (Å²) in [5.41, 5.74) is 0.476. The molecule has 0 aromatic heterocycles. The largest absolute Gasteiger partial charge is 0.390 e. The molecule has 0 amide bonds. The molecule has 0 saturated carbocycles. The van der Waals surface area contributed by atoms with Gasteiger partial charge in [0.1, 0.15) is 5.82 Å². The van der Waals surface area contributed by atoms with Gasteiger partial charge in [-0.05, 0) is 24.6 Å². The van der Waals surface area contributed by atoms with E-state index in [0.29, 0.717) is 5.56 Å². The molecule has 102 valence electrons. The van der Waals surface area contributed by atoms with Crippen LogP contribution in [-0.2, 0) is 0 Å². The van der Waals surface area contributed by atoms with Gasteiger partial charge in [-0.15, -0.1) is 0 Å². The first-order valence-electron chi connectivity index (χ1n) is 5.46. The van der Waals surface area contributed by atoms with Gasteiger partial charge in [-0.2, -0.15) is 13.2 Å². The molecule has 0 heterocycles. The van der Waals surface area contributed by atoms with Gasteiger partial charge in [-0.3, -0.25) is 0 Å². The van der Waals surface area contributed by atoms with Crippen LogP contribution in [0, 0.1) is 5.82 Å². The Balaban J connectivity index is 2.77. The third-order valence-corrected chi connectivity index (χ3v) is 2.60. The number of benzene rings is 1. The SMILES string of the molecule is CC(O)c1ccc(N(C)CCC(F)(F)F)c(F)c1. The van der Waals surface area contributed by atoms with E-state index in [9.17, 15) is 22.7 Å². The van der Waals surface area contributed by atoms with E-state index in [1.165, 1.54) is 31.0 Å². The number of aliphatic hydroxyl groups is 1. The zero-order chi connectivity index (χ0) is 13.9. The summed E-state index contributed by atoms with van der Waals surface area (Å²) in [6.45, 7) is 1.18. The summed E-state index contributed by atoms with van der Waals surface area (Å²) >= 11 is 0. The Kier molecular flexibility index (Phi) is 4.56. The lowest BCUT2D eigenvalue weighted by molar-refractivity contribution is -0.132. The summed E-state index contributed by atoms with van der Waals surface area (Å²) < 4.78 is 49.8. The number of nitrogens with zero attached hydrogens (tertiary/aromatic N) is 1. The summed E-state index contributed by atoms with van der Waals surface area (Å²) in [5.74, 6) is -0.641. The lowest BCUT2D eigenvalue weighted by atomic mass is 10.1. The van der Waals surface area contributed by atoms with Crippen molar-refractivity contribution in [1.82, 2.24) is 0 Å². The van der Waals surface area contributed by atoms with Crippen LogP contribution in [0.4, 0.5) is 23.2 Å². The fraction of sp³-hybridized carbons (Fsp3) is 0.500. The zero-order valence-electron chi connectivity index (χ0n) is 10.1. The molecule has 0 bridgehead atoms. The number of rotatable bonds is 4. The first-order valence-corrected chi connectivity index (χ1v) is 5.46. The molecule has 0 aliphatic carbocycles. The van der Waals surface area contributed by atoms with Crippen LogP contribution in [0.3, 0.4) is 0 Å². The van der Waals surface area contributed by atoms with Crippen LogP contribution in [0.1, 0.15) is 25.0 Å². The predicted molar refractivity (Wildman–Crippen MR) is 61.0 cm³/mol. The standard InChI is InChI=1S/C12H15F4NO/c1-8(18)9-3-4-11(10(13)7-9)17(2)6-5-12(14,15)16/h3-4,7-8,18H,5-6H2,1-2H3. The topological polar surface area (TPSA) is 23.5 Å². The van der Waals surface area contributed by atoms with Crippen molar-refractivity contribution in [3.05, 3.63) is 29.6 Å². The second-order valence-electron chi connectivity index (χ2n) is 4.17. The predicted octanol–water partition coefficient (Wildman–Crippen LogP) is 3.27. The van der Waals surface area contributed by atoms with Crippen LogP contribution in [0.5, 0.6) is 0 Å². The number of halogens is 4. The van der Waals surface area contributed by atoms with E-state index in [0.717, 1.165) is 6.07 Å². The summed E-state index contributed by atoms with van der Waals surface area (Å²) in [7, 11) is 1.40. The van der Waals surface area contributed by atoms with Crippen molar-refractivity contribution >= 4 is 5.69 Å². The van der Waals surface area contributed by atoms with Crippen LogP contribution in [-0.4, -0.2) is 24.9 Å². The van der Waals surface area contributed by atoms with Crippen molar-refractivity contribution in [3.63, 3.8) is 0 Å². The van der Waals surface area contributed by atoms with Gasteiger partial charge < -0.3 is 10.0 Å². The smallest absolute Gasteiger partial charge is 0.389 e. The third-order valence-electron chi connectivity index (χ3n) is 2.60. The van der Waals surface area contributed by atoms with E-state index in [4.69, 9.17) is 0 Å². The highest BCUT2D eigenvalue weighted by Crippen LogP contribution is 2.25. The second kappa shape index (κ2) is 5.56. The number of hydrogen-bond donors (Lipinski definition) is 1. The van der Waals surface area contributed by atoms with Gasteiger partial charge in [0.25, 0.3) is 0 Å². The summed E-state index contributed by atoms with van der Waals surface area (Å²) in [4.78, 5) is 1.20. The van der Waals surface area contributed by atoms with E-state index >= 15 is 0 Å². The summed E-state index contributed by atoms with van der Waals surface area (Å²) in [5, 5.41) is 9.26. The molecule has 1 rings (SSSR count). The number of aliphatic hydroxyl groups excluding tert-OH is 1. The molecule has 1 aromatic rings. The Bertz CT molecular complexity index is 404. The van der Waals surface area contributed by atoms with E-state index in [2.05, 4.69) is 0 Å². The molecule has 6 heteroatoms. The van der Waals surface area contributed by atoms with Crippen molar-refractivity contribution in [3.8, 4) is 0 Å². The Morgan fingerprint density at radius 3 is 2.39 bits per heavy atom. The molecule has 0 aliphatic heterocycles. The zero-order valence-corrected chi connectivity index (χ0v) is 10.1. The minimum Gasteiger partial charge on any atom is -0.389 e. The first-order chi connectivity index (χ1) is 8.20. The van der Waals surface area contributed by atoms with Crippen molar-refractivity contribution in [2.45, 2.75) is 25.6 Å². The van der Waals surface area contributed by atoms with Crippen LogP contribution in [0.25, 0.3) is 0 Å². The highest BCUT2D eigenvalue weighted by Gasteiger charge is 2.27. The quantitative estimate of drug-likeness (QED) is 0.845. The number of hydrogen-bond acceptors (Lipinski definition) is 2. The van der Waals surface area contributed by atoms with Gasteiger partial charge in [0.2, 0.25) is 0 Å². The van der Waals surface area contributed by atoms with E-state index < -0.39 is 24.5 Å². The molecule has 18 heavy (non-hydrogen) atoms. The molecule has 2 nitrogen and oxygen atoms in total. The van der Waals surface area contributed by atoms with Crippen molar-refractivity contribution in [2.75, 3.05) is 18.5 Å². The molecule has 0 radical (unpaired) electrons. The fourth-order valence-corrected chi connectivity index (χ4v) is 1.51. The molecular weight excluding hydrogens is 250 g/mol. The number of anilines is 1. The monoisotopic (exact) mass is 265 g/mol. The summed E-state index contributed by atoms with van der Waals surface area (Å²) in [6, 6.07) is 3.99. The van der Waals surface area contributed by atoms with E-state index in [1.807, 2.05) is 0 Å². The van der Waals surface area contributed by atoms with Crippen molar-refractivity contribution in [1.29, 1.82) is 0 Å². The van der Waals surface area contributed by atoms with Gasteiger partial charge in [-0.1, -0.05) is 6.07 Å². The third kappa shape index (κ3) is 4.18. The van der Waals surface area contributed by atoms with Crippen molar-refractivity contribution in [2.24, 2.45) is 0 Å². The normalized spacial score (nSPS) is 13.5. The van der Waals surface area contributed by atoms with Gasteiger partial charge in [0.05, 0.1) is 18.2 Å². The van der Waals surface area contributed by atoms with Crippen LogP contribution >= 0.6 is 0 Å². The second-order valence-corrected chi connectivity index (χ2v) is 4.17. The van der Waals surface area contributed by atoms with Gasteiger partial charge in [0, 0.05) is 13.6 Å². The van der Waals surface area contributed by atoms with Gasteiger partial charge in [-0.25, -0.2) is 4.39 Å². The lowest BCUT2D eigenvalue weighted by Gasteiger charge is -2.21. The molecule has 0 spiro atoms. The minimum atomic E-state index is -4.26. The maximum Gasteiger partial charge on any atom is 0.390 e. The highest BCUT2D eigenvalue weighted by molar-refractivity contribution is 5.48. The molecule has 1 aromatic carbocycles. The molecule has 0 saturated heterocycles. The molecule has 1 atom stereocenters. The highest BCUT2D eigenvalue weighted by atomic mass is 19.4. The Morgan fingerprint density at radius 1 is 1.33 bits per heavy atom. The van der Waals surface area contributed by atoms with Crippen LogP contribution in [0.2, 0.25) is 0 Å². The van der Waals surface area contributed by atoms with Crippen LogP contribution < -0.4 is 4.90 Å².